The maximum atomic E-state index is 12.8. The maximum Gasteiger partial charge on any atom is 0.263 e. The van der Waals surface area contributed by atoms with E-state index in [-0.39, 0.29) is 5.91 Å². The Morgan fingerprint density at radius 3 is 2.54 bits per heavy atom. The van der Waals surface area contributed by atoms with Gasteiger partial charge in [0.1, 0.15) is 0 Å². The van der Waals surface area contributed by atoms with Crippen LogP contribution in [0.25, 0.3) is 10.8 Å². The van der Waals surface area contributed by atoms with E-state index in [4.69, 9.17) is 4.74 Å². The number of nitrogens with zero attached hydrogens (tertiary/aromatic N) is 4. The first-order chi connectivity index (χ1) is 13.7. The molecule has 1 atom stereocenters. The molecule has 3 aromatic rings. The molecular formula is C22H24N4O2. The van der Waals surface area contributed by atoms with Crippen LogP contribution in [0.15, 0.2) is 60.8 Å². The number of piperazine rings is 1. The molecule has 0 N–H and O–H groups in total. The van der Waals surface area contributed by atoms with E-state index in [1.165, 1.54) is 5.56 Å². The minimum Gasteiger partial charge on any atom is -0.463 e. The van der Waals surface area contributed by atoms with Gasteiger partial charge in [0.2, 0.25) is 5.88 Å². The van der Waals surface area contributed by atoms with Gasteiger partial charge in [-0.15, -0.1) is 5.10 Å². The van der Waals surface area contributed by atoms with Crippen molar-refractivity contribution < 1.29 is 9.53 Å². The number of carbonyl (C=O) groups is 1. The lowest BCUT2D eigenvalue weighted by molar-refractivity contribution is -0.139. The second-order valence-corrected chi connectivity index (χ2v) is 7.08. The van der Waals surface area contributed by atoms with Crippen LogP contribution in [-0.2, 0) is 11.3 Å². The summed E-state index contributed by atoms with van der Waals surface area (Å²) in [6.07, 6.45) is 1.10. The highest BCUT2D eigenvalue weighted by atomic mass is 16.5. The zero-order chi connectivity index (χ0) is 19.3. The lowest BCUT2D eigenvalue weighted by Gasteiger charge is -2.35. The first-order valence-electron chi connectivity index (χ1n) is 9.63. The largest absolute Gasteiger partial charge is 0.463 e. The average molecular weight is 376 g/mol. The Bertz CT molecular complexity index is 934. The molecule has 0 unspecified atom stereocenters. The van der Waals surface area contributed by atoms with E-state index in [0.29, 0.717) is 19.0 Å². The number of aromatic nitrogens is 2. The van der Waals surface area contributed by atoms with Gasteiger partial charge >= 0.3 is 0 Å². The van der Waals surface area contributed by atoms with Crippen molar-refractivity contribution in [1.82, 2.24) is 20.0 Å². The number of hydrogen-bond acceptors (Lipinski definition) is 5. The maximum absolute atomic E-state index is 12.8. The molecule has 0 radical (unpaired) electrons. The highest BCUT2D eigenvalue weighted by Gasteiger charge is 2.26. The summed E-state index contributed by atoms with van der Waals surface area (Å²) in [5.74, 6) is 0.399. The second kappa shape index (κ2) is 8.35. The highest BCUT2D eigenvalue weighted by molar-refractivity contribution is 5.86. The fourth-order valence-corrected chi connectivity index (χ4v) is 3.53. The van der Waals surface area contributed by atoms with Crippen LogP contribution in [0, 0.1) is 0 Å². The van der Waals surface area contributed by atoms with E-state index in [1.807, 2.05) is 35.2 Å². The van der Waals surface area contributed by atoms with Crippen molar-refractivity contribution in [1.29, 1.82) is 0 Å². The Morgan fingerprint density at radius 2 is 1.75 bits per heavy atom. The van der Waals surface area contributed by atoms with Gasteiger partial charge in [0.15, 0.2) is 6.10 Å². The van der Waals surface area contributed by atoms with E-state index in [9.17, 15) is 4.79 Å². The summed E-state index contributed by atoms with van der Waals surface area (Å²) in [5.41, 5.74) is 1.30. The first-order valence-corrected chi connectivity index (χ1v) is 9.63. The third kappa shape index (κ3) is 4.12. The average Bonchev–Trinajstić information content (AvgIpc) is 2.75. The molecule has 1 aliphatic rings. The third-order valence-electron chi connectivity index (χ3n) is 5.11. The zero-order valence-electron chi connectivity index (χ0n) is 16.0. The predicted octanol–water partition coefficient (Wildman–Crippen LogP) is 2.74. The Balaban J connectivity index is 1.34. The molecule has 4 rings (SSSR count). The van der Waals surface area contributed by atoms with Gasteiger partial charge in [-0.3, -0.25) is 9.69 Å². The number of rotatable bonds is 5. The molecule has 28 heavy (non-hydrogen) atoms. The van der Waals surface area contributed by atoms with Crippen LogP contribution < -0.4 is 4.74 Å². The van der Waals surface area contributed by atoms with Gasteiger partial charge in [-0.1, -0.05) is 48.5 Å². The number of ether oxygens (including phenoxy) is 1. The molecular weight excluding hydrogens is 352 g/mol. The summed E-state index contributed by atoms with van der Waals surface area (Å²) in [5, 5.41) is 9.87. The van der Waals surface area contributed by atoms with Gasteiger partial charge in [0, 0.05) is 43.5 Å². The number of carbonyl (C=O) groups excluding carboxylic acids is 1. The Kier molecular flexibility index (Phi) is 5.48. The fraction of sp³-hybridized carbons (Fsp3) is 0.318. The van der Waals surface area contributed by atoms with Gasteiger partial charge in [0.05, 0.1) is 6.20 Å². The van der Waals surface area contributed by atoms with Crippen LogP contribution in [0.1, 0.15) is 12.5 Å². The van der Waals surface area contributed by atoms with Crippen molar-refractivity contribution in [2.75, 3.05) is 26.2 Å². The van der Waals surface area contributed by atoms with E-state index < -0.39 is 6.10 Å². The SMILES string of the molecule is C[C@H](Oc1nncc2ccccc12)C(=O)N1CCN(Cc2ccccc2)CC1. The van der Waals surface area contributed by atoms with Gasteiger partial charge in [-0.2, -0.15) is 5.10 Å². The van der Waals surface area contributed by atoms with E-state index in [2.05, 4.69) is 39.4 Å². The molecule has 6 heteroatoms. The normalized spacial score (nSPS) is 16.1. The minimum atomic E-state index is -0.597. The molecule has 2 aromatic carbocycles. The monoisotopic (exact) mass is 376 g/mol. The van der Waals surface area contributed by atoms with E-state index in [0.717, 1.165) is 30.4 Å². The van der Waals surface area contributed by atoms with Crippen LogP contribution in [0.2, 0.25) is 0 Å². The molecule has 0 aliphatic carbocycles. The minimum absolute atomic E-state index is 0.00547. The molecule has 1 aromatic heterocycles. The fourth-order valence-electron chi connectivity index (χ4n) is 3.53. The predicted molar refractivity (Wildman–Crippen MR) is 108 cm³/mol. The van der Waals surface area contributed by atoms with Crippen molar-refractivity contribution in [2.24, 2.45) is 0 Å². The molecule has 1 aliphatic heterocycles. The van der Waals surface area contributed by atoms with Crippen LogP contribution in [0.5, 0.6) is 5.88 Å². The van der Waals surface area contributed by atoms with Crippen LogP contribution in [-0.4, -0.2) is 58.2 Å². The van der Waals surface area contributed by atoms with Crippen molar-refractivity contribution in [2.45, 2.75) is 19.6 Å². The quantitative estimate of drug-likeness (QED) is 0.685. The first kappa shape index (κ1) is 18.4. The van der Waals surface area contributed by atoms with E-state index in [1.54, 1.807) is 13.1 Å². The smallest absolute Gasteiger partial charge is 0.263 e. The summed E-state index contributed by atoms with van der Waals surface area (Å²) in [6.45, 7) is 5.84. The summed E-state index contributed by atoms with van der Waals surface area (Å²) in [6, 6.07) is 18.2. The number of benzene rings is 2. The van der Waals surface area contributed by atoms with Crippen LogP contribution >= 0.6 is 0 Å². The summed E-state index contributed by atoms with van der Waals surface area (Å²) < 4.78 is 5.89. The van der Waals surface area contributed by atoms with Crippen LogP contribution in [0.4, 0.5) is 0 Å². The van der Waals surface area contributed by atoms with Crippen molar-refractivity contribution in [3.8, 4) is 5.88 Å². The Hall–Kier alpha value is -2.99. The van der Waals surface area contributed by atoms with Gasteiger partial charge in [0.25, 0.3) is 5.91 Å². The Labute approximate surface area is 164 Å². The number of hydrogen-bond donors (Lipinski definition) is 0. The lowest BCUT2D eigenvalue weighted by atomic mass is 10.2. The highest BCUT2D eigenvalue weighted by Crippen LogP contribution is 2.22. The molecule has 0 bridgehead atoms. The van der Waals surface area contributed by atoms with Crippen molar-refractivity contribution >= 4 is 16.7 Å². The van der Waals surface area contributed by atoms with Gasteiger partial charge < -0.3 is 9.64 Å². The zero-order valence-corrected chi connectivity index (χ0v) is 16.0. The summed E-state index contributed by atoms with van der Waals surface area (Å²) in [7, 11) is 0. The molecule has 144 valence electrons. The summed E-state index contributed by atoms with van der Waals surface area (Å²) >= 11 is 0. The molecule has 6 nitrogen and oxygen atoms in total. The molecule has 1 fully saturated rings. The summed E-state index contributed by atoms with van der Waals surface area (Å²) in [4.78, 5) is 17.1. The van der Waals surface area contributed by atoms with Crippen LogP contribution in [0.3, 0.4) is 0 Å². The van der Waals surface area contributed by atoms with Gasteiger partial charge in [-0.25, -0.2) is 0 Å². The number of fused-ring (bicyclic) bond motifs is 1. The Morgan fingerprint density at radius 1 is 1.04 bits per heavy atom. The molecule has 0 spiro atoms. The molecule has 1 saturated heterocycles. The standard InChI is InChI=1S/C22H24N4O2/c1-17(28-21-20-10-6-5-9-19(20)15-23-24-21)22(27)26-13-11-25(12-14-26)16-18-7-3-2-4-8-18/h2-10,15,17H,11-14,16H2,1H3/t17-/m0/s1. The van der Waals surface area contributed by atoms with E-state index >= 15 is 0 Å². The molecule has 2 heterocycles. The second-order valence-electron chi connectivity index (χ2n) is 7.08. The molecule has 0 saturated carbocycles. The van der Waals surface area contributed by atoms with Gasteiger partial charge in [-0.05, 0) is 18.6 Å². The lowest BCUT2D eigenvalue weighted by Crippen LogP contribution is -2.51. The number of amides is 1. The molecule has 1 amide bonds. The third-order valence-corrected chi connectivity index (χ3v) is 5.11. The van der Waals surface area contributed by atoms with Crippen molar-refractivity contribution in [3.05, 3.63) is 66.4 Å². The van der Waals surface area contributed by atoms with Crippen molar-refractivity contribution in [3.63, 3.8) is 0 Å². The topological polar surface area (TPSA) is 58.6 Å².